The first-order chi connectivity index (χ1) is 14.9. The lowest BCUT2D eigenvalue weighted by molar-refractivity contribution is -0.124. The van der Waals surface area contributed by atoms with Gasteiger partial charge in [0.2, 0.25) is 11.8 Å². The predicted molar refractivity (Wildman–Crippen MR) is 121 cm³/mol. The SMILES string of the molecule is CC(NNC(=O)CC1CCN(CC(=O)Nc2ccc(Cl)cn2)CC1)N1CSCC1C#N. The number of rotatable bonds is 8. The van der Waals surface area contributed by atoms with Crippen LogP contribution in [0.1, 0.15) is 26.2 Å². The standard InChI is InChI=1S/C20H28ClN7O2S/c1-14(28-13-31-12-17(28)9-22)25-26-19(29)8-15-4-6-27(7-5-15)11-20(30)24-18-3-2-16(21)10-23-18/h2-3,10,14-15,17,25H,4-8,11-13H2,1H3,(H,26,29)(H,23,24,30). The van der Waals surface area contributed by atoms with Crippen molar-refractivity contribution in [3.05, 3.63) is 23.4 Å². The highest BCUT2D eigenvalue weighted by atomic mass is 35.5. The van der Waals surface area contributed by atoms with E-state index in [2.05, 4.69) is 32.1 Å². The number of nitrogens with zero attached hydrogens (tertiary/aromatic N) is 4. The molecule has 3 N–H and O–H groups in total. The number of thioether (sulfide) groups is 1. The predicted octanol–water partition coefficient (Wildman–Crippen LogP) is 1.64. The number of halogens is 1. The number of pyridine rings is 1. The highest BCUT2D eigenvalue weighted by Gasteiger charge is 2.29. The number of carbonyl (C=O) groups excluding carboxylic acids is 2. The molecule has 0 spiro atoms. The zero-order valence-electron chi connectivity index (χ0n) is 17.5. The monoisotopic (exact) mass is 465 g/mol. The van der Waals surface area contributed by atoms with Crippen molar-refractivity contribution in [1.29, 1.82) is 5.26 Å². The average molecular weight is 466 g/mol. The molecule has 2 aliphatic rings. The number of aromatic nitrogens is 1. The van der Waals surface area contributed by atoms with E-state index < -0.39 is 0 Å². The largest absolute Gasteiger partial charge is 0.310 e. The number of nitrogens with one attached hydrogen (secondary N) is 3. The summed E-state index contributed by atoms with van der Waals surface area (Å²) in [6.45, 7) is 3.80. The second-order valence-corrected chi connectivity index (χ2v) is 9.30. The van der Waals surface area contributed by atoms with Crippen LogP contribution < -0.4 is 16.2 Å². The molecule has 31 heavy (non-hydrogen) atoms. The number of piperidine rings is 1. The normalized spacial score (nSPS) is 21.4. The number of hydrogen-bond donors (Lipinski definition) is 3. The van der Waals surface area contributed by atoms with E-state index in [-0.39, 0.29) is 24.0 Å². The van der Waals surface area contributed by atoms with Gasteiger partial charge in [-0.25, -0.2) is 10.4 Å². The summed E-state index contributed by atoms with van der Waals surface area (Å²) in [4.78, 5) is 32.7. The van der Waals surface area contributed by atoms with Crippen LogP contribution in [0.2, 0.25) is 5.02 Å². The maximum atomic E-state index is 12.3. The molecule has 2 unspecified atom stereocenters. The van der Waals surface area contributed by atoms with Crippen LogP contribution in [0.15, 0.2) is 18.3 Å². The lowest BCUT2D eigenvalue weighted by Crippen LogP contribution is -2.53. The molecule has 0 radical (unpaired) electrons. The van der Waals surface area contributed by atoms with Crippen LogP contribution in [0.4, 0.5) is 5.82 Å². The van der Waals surface area contributed by atoms with Gasteiger partial charge in [-0.2, -0.15) is 5.26 Å². The number of hydrazine groups is 1. The molecule has 1 aromatic heterocycles. The summed E-state index contributed by atoms with van der Waals surface area (Å²) in [5.74, 6) is 2.20. The van der Waals surface area contributed by atoms with Gasteiger partial charge in [0.25, 0.3) is 0 Å². The Morgan fingerprint density at radius 1 is 1.35 bits per heavy atom. The quantitative estimate of drug-likeness (QED) is 0.496. The van der Waals surface area contributed by atoms with Crippen LogP contribution in [0, 0.1) is 17.2 Å². The van der Waals surface area contributed by atoms with Gasteiger partial charge in [0.1, 0.15) is 11.9 Å². The molecule has 9 nitrogen and oxygen atoms in total. The molecule has 11 heteroatoms. The van der Waals surface area contributed by atoms with Crippen molar-refractivity contribution in [3.63, 3.8) is 0 Å². The minimum absolute atomic E-state index is 0.0442. The summed E-state index contributed by atoms with van der Waals surface area (Å²) in [7, 11) is 0. The lowest BCUT2D eigenvalue weighted by atomic mass is 9.93. The molecule has 3 rings (SSSR count). The molecule has 0 aliphatic carbocycles. The van der Waals surface area contributed by atoms with E-state index in [9.17, 15) is 14.9 Å². The van der Waals surface area contributed by atoms with E-state index in [1.807, 2.05) is 11.8 Å². The van der Waals surface area contributed by atoms with Crippen molar-refractivity contribution in [2.75, 3.05) is 36.6 Å². The third-order valence-corrected chi connectivity index (χ3v) is 6.78. The molecule has 2 aliphatic heterocycles. The van der Waals surface area contributed by atoms with Gasteiger partial charge < -0.3 is 5.32 Å². The maximum absolute atomic E-state index is 12.3. The van der Waals surface area contributed by atoms with E-state index in [1.54, 1.807) is 23.9 Å². The Kier molecular flexibility index (Phi) is 8.92. The summed E-state index contributed by atoms with van der Waals surface area (Å²) in [6.07, 6.45) is 3.59. The number of hydrogen-bond acceptors (Lipinski definition) is 8. The topological polar surface area (TPSA) is 113 Å². The van der Waals surface area contributed by atoms with Crippen LogP contribution in [-0.2, 0) is 9.59 Å². The van der Waals surface area contributed by atoms with Crippen molar-refractivity contribution in [2.24, 2.45) is 5.92 Å². The van der Waals surface area contributed by atoms with Gasteiger partial charge >= 0.3 is 0 Å². The third kappa shape index (κ3) is 7.33. The second kappa shape index (κ2) is 11.6. The molecular formula is C20H28ClN7O2S. The fraction of sp³-hybridized carbons (Fsp3) is 0.600. The fourth-order valence-corrected chi connectivity index (χ4v) is 5.03. The molecule has 0 bridgehead atoms. The van der Waals surface area contributed by atoms with E-state index in [1.165, 1.54) is 6.20 Å². The van der Waals surface area contributed by atoms with Gasteiger partial charge in [0.05, 0.1) is 23.8 Å². The molecule has 168 valence electrons. The molecule has 2 fully saturated rings. The summed E-state index contributed by atoms with van der Waals surface area (Å²) in [6, 6.07) is 5.52. The fourth-order valence-electron chi connectivity index (χ4n) is 3.71. The lowest BCUT2D eigenvalue weighted by Gasteiger charge is -2.31. The van der Waals surface area contributed by atoms with Gasteiger partial charge in [0, 0.05) is 24.2 Å². The number of anilines is 1. The first kappa shape index (κ1) is 23.8. The number of amides is 2. The third-order valence-electron chi connectivity index (χ3n) is 5.53. The highest BCUT2D eigenvalue weighted by Crippen LogP contribution is 2.22. The Labute approximate surface area is 191 Å². The molecule has 0 saturated carbocycles. The number of nitriles is 1. The summed E-state index contributed by atoms with van der Waals surface area (Å²) in [5.41, 5.74) is 5.81. The number of likely N-dealkylation sites (tertiary alicyclic amines) is 1. The summed E-state index contributed by atoms with van der Waals surface area (Å²) >= 11 is 7.52. The molecular weight excluding hydrogens is 438 g/mol. The van der Waals surface area contributed by atoms with E-state index in [4.69, 9.17) is 11.6 Å². The highest BCUT2D eigenvalue weighted by molar-refractivity contribution is 7.99. The average Bonchev–Trinajstić information content (AvgIpc) is 3.24. The van der Waals surface area contributed by atoms with Crippen LogP contribution >= 0.6 is 23.4 Å². The summed E-state index contributed by atoms with van der Waals surface area (Å²) < 4.78 is 0. The zero-order chi connectivity index (χ0) is 22.2. The Balaban J connectivity index is 1.32. The van der Waals surface area contributed by atoms with Crippen molar-refractivity contribution >= 4 is 41.0 Å². The zero-order valence-corrected chi connectivity index (χ0v) is 19.1. The smallest absolute Gasteiger partial charge is 0.239 e. The minimum Gasteiger partial charge on any atom is -0.310 e. The minimum atomic E-state index is -0.124. The molecule has 2 saturated heterocycles. The Bertz CT molecular complexity index is 796. The molecule has 2 amide bonds. The van der Waals surface area contributed by atoms with Gasteiger partial charge in [-0.1, -0.05) is 11.6 Å². The van der Waals surface area contributed by atoms with Crippen LogP contribution in [-0.4, -0.2) is 70.1 Å². The van der Waals surface area contributed by atoms with Gasteiger partial charge in [-0.3, -0.25) is 24.8 Å². The van der Waals surface area contributed by atoms with E-state index in [0.717, 1.165) is 37.6 Å². The maximum Gasteiger partial charge on any atom is 0.239 e. The van der Waals surface area contributed by atoms with Crippen molar-refractivity contribution in [1.82, 2.24) is 25.6 Å². The first-order valence-electron chi connectivity index (χ1n) is 10.4. The molecule has 1 aromatic rings. The first-order valence-corrected chi connectivity index (χ1v) is 11.9. The molecule has 3 heterocycles. The van der Waals surface area contributed by atoms with Crippen LogP contribution in [0.3, 0.4) is 0 Å². The Morgan fingerprint density at radius 3 is 2.81 bits per heavy atom. The second-order valence-electron chi connectivity index (χ2n) is 7.86. The number of carbonyl (C=O) groups is 2. The van der Waals surface area contributed by atoms with Crippen LogP contribution in [0.5, 0.6) is 0 Å². The van der Waals surface area contributed by atoms with Crippen molar-refractivity contribution < 1.29 is 9.59 Å². The van der Waals surface area contributed by atoms with E-state index in [0.29, 0.717) is 29.7 Å². The van der Waals surface area contributed by atoms with Gasteiger partial charge in [-0.05, 0) is 50.9 Å². The van der Waals surface area contributed by atoms with Crippen molar-refractivity contribution in [2.45, 2.75) is 38.4 Å². The van der Waals surface area contributed by atoms with Crippen LogP contribution in [0.25, 0.3) is 0 Å². The van der Waals surface area contributed by atoms with Crippen molar-refractivity contribution in [3.8, 4) is 6.07 Å². The van der Waals surface area contributed by atoms with E-state index >= 15 is 0 Å². The Hall–Kier alpha value is -1.90. The molecule has 2 atom stereocenters. The molecule has 0 aromatic carbocycles. The van der Waals surface area contributed by atoms with Gasteiger partial charge in [0.15, 0.2) is 0 Å². The Morgan fingerprint density at radius 2 is 2.13 bits per heavy atom. The van der Waals surface area contributed by atoms with Gasteiger partial charge in [-0.15, -0.1) is 11.8 Å². The summed E-state index contributed by atoms with van der Waals surface area (Å²) in [5, 5.41) is 12.5.